The van der Waals surface area contributed by atoms with Gasteiger partial charge in [0.25, 0.3) is 5.56 Å². The van der Waals surface area contributed by atoms with Gasteiger partial charge in [0.1, 0.15) is 5.58 Å². The van der Waals surface area contributed by atoms with Crippen LogP contribution in [-0.4, -0.2) is 31.5 Å². The Bertz CT molecular complexity index is 2070. The van der Waals surface area contributed by atoms with Crippen molar-refractivity contribution in [2.45, 2.75) is 20.8 Å². The lowest BCUT2D eigenvalue weighted by Crippen LogP contribution is -2.20. The third-order valence-electron chi connectivity index (χ3n) is 7.01. The molecule has 0 spiro atoms. The number of aromatic nitrogens is 3. The highest BCUT2D eigenvalue weighted by atomic mass is 35.5. The van der Waals surface area contributed by atoms with Crippen molar-refractivity contribution in [1.29, 1.82) is 0 Å². The molecule has 3 aromatic heterocycles. The van der Waals surface area contributed by atoms with E-state index in [1.165, 1.54) is 4.68 Å². The topological polar surface area (TPSA) is 103 Å². The van der Waals surface area contributed by atoms with Gasteiger partial charge in [0, 0.05) is 33.0 Å². The first kappa shape index (κ1) is 25.3. The Morgan fingerprint density at radius 1 is 1.02 bits per heavy atom. The maximum atomic E-state index is 13.6. The van der Waals surface area contributed by atoms with Crippen LogP contribution in [0, 0.1) is 20.8 Å². The zero-order chi connectivity index (χ0) is 28.1. The third kappa shape index (κ3) is 4.19. The van der Waals surface area contributed by atoms with Crippen LogP contribution in [0.5, 0.6) is 0 Å². The highest BCUT2D eigenvalue weighted by Gasteiger charge is 2.18. The minimum Gasteiger partial charge on any atom is -0.478 e. The summed E-state index contributed by atoms with van der Waals surface area (Å²) < 4.78 is 9.27. The van der Waals surface area contributed by atoms with Crippen molar-refractivity contribution in [3.05, 3.63) is 116 Å². The average Bonchev–Trinajstić information content (AvgIpc) is 3.47. The fourth-order valence-electron chi connectivity index (χ4n) is 5.02. The number of aryl methyl sites for hydroxylation is 1. The van der Waals surface area contributed by atoms with Crippen molar-refractivity contribution in [2.75, 3.05) is 0 Å². The Labute approximate surface area is 233 Å². The SMILES string of the molecule is Cc1c(C(=O)O)cccc1-n1c(C)cc(C=Nn2c(-c3cc4cc(Cl)ccc4o3)nc3ccccc3c2=O)c1C. The quantitative estimate of drug-likeness (QED) is 0.239. The van der Waals surface area contributed by atoms with E-state index in [1.807, 2.05) is 36.6 Å². The Kier molecular flexibility index (Phi) is 6.12. The predicted octanol–water partition coefficient (Wildman–Crippen LogP) is 6.76. The van der Waals surface area contributed by atoms with E-state index in [0.717, 1.165) is 28.0 Å². The minimum atomic E-state index is -0.979. The van der Waals surface area contributed by atoms with Crippen LogP contribution in [0.15, 0.2) is 87.1 Å². The highest BCUT2D eigenvalue weighted by molar-refractivity contribution is 6.31. The number of rotatable bonds is 5. The first-order valence-electron chi connectivity index (χ1n) is 12.5. The molecule has 0 saturated carbocycles. The molecule has 0 aliphatic rings. The van der Waals surface area contributed by atoms with Crippen molar-refractivity contribution in [1.82, 2.24) is 14.2 Å². The molecule has 1 N–H and O–H groups in total. The number of para-hydroxylation sites is 1. The number of furan rings is 1. The van der Waals surface area contributed by atoms with Gasteiger partial charge in [-0.15, -0.1) is 0 Å². The molecule has 0 saturated heterocycles. The van der Waals surface area contributed by atoms with Crippen LogP contribution in [0.2, 0.25) is 5.02 Å². The summed E-state index contributed by atoms with van der Waals surface area (Å²) in [6, 6.07) is 21.3. The molecule has 6 rings (SSSR count). The van der Waals surface area contributed by atoms with Gasteiger partial charge < -0.3 is 14.1 Å². The third-order valence-corrected chi connectivity index (χ3v) is 7.25. The Morgan fingerprint density at radius 2 is 1.82 bits per heavy atom. The summed E-state index contributed by atoms with van der Waals surface area (Å²) in [4.78, 5) is 30.1. The van der Waals surface area contributed by atoms with Gasteiger partial charge in [-0.25, -0.2) is 9.78 Å². The van der Waals surface area contributed by atoms with E-state index in [9.17, 15) is 14.7 Å². The largest absolute Gasteiger partial charge is 0.478 e. The number of hydrogen-bond acceptors (Lipinski definition) is 5. The Balaban J connectivity index is 1.51. The van der Waals surface area contributed by atoms with Crippen LogP contribution in [0.1, 0.15) is 32.9 Å². The van der Waals surface area contributed by atoms with E-state index in [2.05, 4.69) is 5.10 Å². The molecule has 0 aliphatic heterocycles. The first-order valence-corrected chi connectivity index (χ1v) is 12.9. The van der Waals surface area contributed by atoms with Gasteiger partial charge in [0.2, 0.25) is 5.82 Å². The van der Waals surface area contributed by atoms with E-state index < -0.39 is 5.97 Å². The van der Waals surface area contributed by atoms with Gasteiger partial charge in [-0.05, 0) is 80.9 Å². The van der Waals surface area contributed by atoms with Crippen molar-refractivity contribution < 1.29 is 14.3 Å². The maximum Gasteiger partial charge on any atom is 0.336 e. The number of carboxylic acid groups (broad SMARTS) is 1. The zero-order valence-corrected chi connectivity index (χ0v) is 22.6. The molecule has 9 heteroatoms. The van der Waals surface area contributed by atoms with Crippen LogP contribution in [0.3, 0.4) is 0 Å². The second-order valence-corrected chi connectivity index (χ2v) is 9.96. The molecule has 3 aromatic carbocycles. The van der Waals surface area contributed by atoms with Crippen molar-refractivity contribution >= 4 is 45.7 Å². The molecule has 0 aliphatic carbocycles. The normalized spacial score (nSPS) is 11.7. The van der Waals surface area contributed by atoms with E-state index in [0.29, 0.717) is 32.8 Å². The summed E-state index contributed by atoms with van der Waals surface area (Å²) in [5.41, 5.74) is 4.96. The maximum absolute atomic E-state index is 13.6. The first-order chi connectivity index (χ1) is 19.2. The number of fused-ring (bicyclic) bond motifs is 2. The minimum absolute atomic E-state index is 0.241. The number of benzene rings is 3. The summed E-state index contributed by atoms with van der Waals surface area (Å²) in [6.45, 7) is 5.65. The number of carbonyl (C=O) groups is 1. The van der Waals surface area contributed by atoms with E-state index in [1.54, 1.807) is 67.7 Å². The molecular formula is C31H23ClN4O4. The average molecular weight is 551 g/mol. The molecule has 0 unspecified atom stereocenters. The van der Waals surface area contributed by atoms with Crippen LogP contribution in [-0.2, 0) is 0 Å². The van der Waals surface area contributed by atoms with Crippen LogP contribution in [0.25, 0.3) is 39.1 Å². The van der Waals surface area contributed by atoms with Crippen molar-refractivity contribution in [3.63, 3.8) is 0 Å². The molecule has 3 heterocycles. The van der Waals surface area contributed by atoms with E-state index >= 15 is 0 Å². The molecule has 6 aromatic rings. The summed E-state index contributed by atoms with van der Waals surface area (Å²) in [7, 11) is 0. The Morgan fingerprint density at radius 3 is 2.62 bits per heavy atom. The lowest BCUT2D eigenvalue weighted by Gasteiger charge is -2.14. The number of aromatic carboxylic acids is 1. The van der Waals surface area contributed by atoms with E-state index in [4.69, 9.17) is 21.0 Å². The van der Waals surface area contributed by atoms with Crippen molar-refractivity contribution in [3.8, 4) is 17.3 Å². The molecular weight excluding hydrogens is 528 g/mol. The molecule has 8 nitrogen and oxygen atoms in total. The standard InChI is InChI=1S/C31H23ClN4O4/c1-17-13-21(19(3)35(17)26-10-6-8-23(18(26)2)31(38)39)16-33-36-29(34-25-9-5-4-7-24(25)30(36)37)28-15-20-14-22(32)11-12-27(20)40-28/h4-16H,1-3H3,(H,38,39). The molecule has 0 radical (unpaired) electrons. The summed E-state index contributed by atoms with van der Waals surface area (Å²) in [6.07, 6.45) is 1.61. The second-order valence-electron chi connectivity index (χ2n) is 9.52. The van der Waals surface area contributed by atoms with Gasteiger partial charge in [-0.1, -0.05) is 29.8 Å². The zero-order valence-electron chi connectivity index (χ0n) is 21.8. The number of nitrogens with zero attached hydrogens (tertiary/aromatic N) is 4. The molecule has 0 amide bonds. The molecule has 40 heavy (non-hydrogen) atoms. The van der Waals surface area contributed by atoms with Gasteiger partial charge in [0.15, 0.2) is 5.76 Å². The highest BCUT2D eigenvalue weighted by Crippen LogP contribution is 2.29. The molecule has 0 bridgehead atoms. The van der Waals surface area contributed by atoms with Gasteiger partial charge >= 0.3 is 5.97 Å². The summed E-state index contributed by atoms with van der Waals surface area (Å²) in [5.74, 6) is -0.345. The lowest BCUT2D eigenvalue weighted by molar-refractivity contribution is 0.0696. The fourth-order valence-corrected chi connectivity index (χ4v) is 5.20. The monoisotopic (exact) mass is 550 g/mol. The molecule has 0 fully saturated rings. The van der Waals surface area contributed by atoms with Crippen LogP contribution < -0.4 is 5.56 Å². The number of carboxylic acids is 1. The van der Waals surface area contributed by atoms with Gasteiger partial charge in [-0.2, -0.15) is 9.78 Å². The van der Waals surface area contributed by atoms with Crippen LogP contribution in [0.4, 0.5) is 0 Å². The van der Waals surface area contributed by atoms with Crippen molar-refractivity contribution in [2.24, 2.45) is 5.10 Å². The van der Waals surface area contributed by atoms with Crippen LogP contribution >= 0.6 is 11.6 Å². The predicted molar refractivity (Wildman–Crippen MR) is 156 cm³/mol. The fraction of sp³-hybridized carbons (Fsp3) is 0.0968. The van der Waals surface area contributed by atoms with Gasteiger partial charge in [0.05, 0.1) is 22.7 Å². The molecule has 198 valence electrons. The molecule has 0 atom stereocenters. The smallest absolute Gasteiger partial charge is 0.336 e. The second kappa shape index (κ2) is 9.66. The van der Waals surface area contributed by atoms with E-state index in [-0.39, 0.29) is 16.9 Å². The lowest BCUT2D eigenvalue weighted by atomic mass is 10.1. The number of hydrogen-bond donors (Lipinski definition) is 1. The number of halogens is 1. The Hall–Kier alpha value is -4.95. The van der Waals surface area contributed by atoms with Gasteiger partial charge in [-0.3, -0.25) is 4.79 Å². The summed E-state index contributed by atoms with van der Waals surface area (Å²) >= 11 is 6.17. The summed E-state index contributed by atoms with van der Waals surface area (Å²) in [5, 5.41) is 16.0.